The molecule has 0 aliphatic carbocycles. The molecule has 3 heterocycles. The summed E-state index contributed by atoms with van der Waals surface area (Å²) in [6.45, 7) is 5.64. The molecule has 1 aliphatic heterocycles. The molecule has 1 atom stereocenters. The quantitative estimate of drug-likeness (QED) is 0.0677. The number of ether oxygens (including phenoxy) is 1. The Morgan fingerprint density at radius 3 is 2.48 bits per heavy atom. The van der Waals surface area contributed by atoms with Crippen molar-refractivity contribution < 1.29 is 14.6 Å². The van der Waals surface area contributed by atoms with Gasteiger partial charge in [0.25, 0.3) is 0 Å². The summed E-state index contributed by atoms with van der Waals surface area (Å²) in [5, 5.41) is 17.5. The van der Waals surface area contributed by atoms with Crippen LogP contribution in [-0.4, -0.2) is 82.9 Å². The Morgan fingerprint density at radius 1 is 0.896 bits per heavy atom. The van der Waals surface area contributed by atoms with Crippen LogP contribution in [0.4, 0.5) is 11.6 Å². The van der Waals surface area contributed by atoms with E-state index in [-0.39, 0.29) is 0 Å². The summed E-state index contributed by atoms with van der Waals surface area (Å²) in [4.78, 5) is 28.2. The Morgan fingerprint density at radius 2 is 1.67 bits per heavy atom. The third-order valence-corrected chi connectivity index (χ3v) is 9.29. The number of aliphatic carboxylic acids is 1. The van der Waals surface area contributed by atoms with Gasteiger partial charge < -0.3 is 31.1 Å². The first kappa shape index (κ1) is 37.5. The van der Waals surface area contributed by atoms with Crippen LogP contribution >= 0.6 is 0 Å². The zero-order chi connectivity index (χ0) is 33.7. The van der Waals surface area contributed by atoms with E-state index in [2.05, 4.69) is 37.6 Å². The maximum Gasteiger partial charge on any atom is 0.326 e. The number of hydrogen-bond acceptors (Lipinski definition) is 9. The highest BCUT2D eigenvalue weighted by Gasteiger charge is 2.20. The Hall–Kier alpha value is -3.34. The van der Waals surface area contributed by atoms with E-state index in [9.17, 15) is 9.90 Å². The van der Waals surface area contributed by atoms with E-state index in [4.69, 9.17) is 15.5 Å². The minimum atomic E-state index is -0.878. The van der Waals surface area contributed by atoms with Crippen molar-refractivity contribution in [3.8, 4) is 0 Å². The van der Waals surface area contributed by atoms with Crippen LogP contribution < -0.4 is 16.4 Å². The van der Waals surface area contributed by atoms with E-state index in [0.29, 0.717) is 25.4 Å². The standard InChI is InChI=1S/C38H59N7O3/c39-23-12-6-4-2-1-3-5-7-14-28-48-29-27-45(25-13-8-9-17-32-21-20-31-16-15-24-40-36(31)43-32)26-22-35(38(46)47)44-37-33-18-10-11-19-34(33)41-30-42-37/h10-11,18-21,30,35H,1-9,12-17,22-29,39H2,(H,40,43)(H,46,47)(H,41,42,44). The van der Waals surface area contributed by atoms with Crippen molar-refractivity contribution in [2.45, 2.75) is 109 Å². The first-order chi connectivity index (χ1) is 23.6. The Bertz CT molecular complexity index is 1340. The maximum atomic E-state index is 12.3. The fraction of sp³-hybridized carbons (Fsp3) is 0.632. The summed E-state index contributed by atoms with van der Waals surface area (Å²) in [7, 11) is 0. The minimum Gasteiger partial charge on any atom is -0.480 e. The minimum absolute atomic E-state index is 0.464. The monoisotopic (exact) mass is 661 g/mol. The molecule has 0 amide bonds. The average molecular weight is 662 g/mol. The van der Waals surface area contributed by atoms with Crippen LogP contribution in [0.15, 0.2) is 42.7 Å². The number of benzene rings is 1. The maximum absolute atomic E-state index is 12.3. The Kier molecular flexibility index (Phi) is 17.4. The number of nitrogens with zero attached hydrogens (tertiary/aromatic N) is 4. The molecule has 1 unspecified atom stereocenters. The number of rotatable bonds is 26. The first-order valence-corrected chi connectivity index (χ1v) is 18.6. The van der Waals surface area contributed by atoms with Gasteiger partial charge in [0.2, 0.25) is 0 Å². The normalized spacial score (nSPS) is 13.4. The van der Waals surface area contributed by atoms with Gasteiger partial charge in [0.05, 0.1) is 12.1 Å². The van der Waals surface area contributed by atoms with Crippen molar-refractivity contribution in [2.75, 3.05) is 56.6 Å². The van der Waals surface area contributed by atoms with Crippen molar-refractivity contribution in [1.29, 1.82) is 0 Å². The zero-order valence-corrected chi connectivity index (χ0v) is 29.0. The lowest BCUT2D eigenvalue weighted by Gasteiger charge is -2.25. The van der Waals surface area contributed by atoms with Gasteiger partial charge in [-0.1, -0.05) is 69.6 Å². The molecule has 0 saturated heterocycles. The largest absolute Gasteiger partial charge is 0.480 e. The van der Waals surface area contributed by atoms with Crippen LogP contribution in [0.1, 0.15) is 101 Å². The van der Waals surface area contributed by atoms with Gasteiger partial charge in [0.1, 0.15) is 24.0 Å². The summed E-state index contributed by atoms with van der Waals surface area (Å²) in [5.74, 6) is 0.743. The van der Waals surface area contributed by atoms with Gasteiger partial charge in [-0.3, -0.25) is 0 Å². The fourth-order valence-corrected chi connectivity index (χ4v) is 6.40. The molecule has 10 heteroatoms. The molecular formula is C38H59N7O3. The molecule has 264 valence electrons. The van der Waals surface area contributed by atoms with Gasteiger partial charge in [-0.05, 0) is 88.2 Å². The number of fused-ring (bicyclic) bond motifs is 2. The van der Waals surface area contributed by atoms with Gasteiger partial charge in [0.15, 0.2) is 0 Å². The molecule has 3 aromatic rings. The molecule has 0 bridgehead atoms. The Balaban J connectivity index is 1.19. The molecular weight excluding hydrogens is 602 g/mol. The third kappa shape index (κ3) is 13.6. The molecule has 0 spiro atoms. The van der Waals surface area contributed by atoms with Crippen molar-refractivity contribution >= 4 is 28.5 Å². The number of aromatic nitrogens is 3. The molecule has 48 heavy (non-hydrogen) atoms. The lowest BCUT2D eigenvalue weighted by Crippen LogP contribution is -2.37. The molecule has 4 rings (SSSR count). The molecule has 0 radical (unpaired) electrons. The summed E-state index contributed by atoms with van der Waals surface area (Å²) in [6, 6.07) is 11.3. The SMILES string of the molecule is NCCCCCCCCCCCOCCN(CCCCCc1ccc2c(n1)NCCC2)CCC(Nc1ncnc2ccccc12)C(=O)O. The van der Waals surface area contributed by atoms with E-state index in [1.807, 2.05) is 24.3 Å². The predicted octanol–water partition coefficient (Wildman–Crippen LogP) is 6.84. The van der Waals surface area contributed by atoms with E-state index in [1.165, 1.54) is 63.3 Å². The highest BCUT2D eigenvalue weighted by molar-refractivity contribution is 5.90. The van der Waals surface area contributed by atoms with Crippen LogP contribution in [0.5, 0.6) is 0 Å². The van der Waals surface area contributed by atoms with Crippen LogP contribution in [0.3, 0.4) is 0 Å². The van der Waals surface area contributed by atoms with Crippen molar-refractivity contribution in [2.24, 2.45) is 5.73 Å². The van der Waals surface area contributed by atoms with Crippen molar-refractivity contribution in [1.82, 2.24) is 19.9 Å². The number of nitrogens with one attached hydrogen (secondary N) is 2. The lowest BCUT2D eigenvalue weighted by molar-refractivity contribution is -0.138. The summed E-state index contributed by atoms with van der Waals surface area (Å²) >= 11 is 0. The highest BCUT2D eigenvalue weighted by Crippen LogP contribution is 2.22. The molecule has 2 aromatic heterocycles. The van der Waals surface area contributed by atoms with E-state index in [0.717, 1.165) is 100 Å². The van der Waals surface area contributed by atoms with Gasteiger partial charge in [0, 0.05) is 37.3 Å². The van der Waals surface area contributed by atoms with E-state index >= 15 is 0 Å². The smallest absolute Gasteiger partial charge is 0.326 e. The fourth-order valence-electron chi connectivity index (χ4n) is 6.40. The predicted molar refractivity (Wildman–Crippen MR) is 196 cm³/mol. The molecule has 0 fully saturated rings. The van der Waals surface area contributed by atoms with E-state index < -0.39 is 12.0 Å². The number of carboxylic acid groups (broad SMARTS) is 1. The number of anilines is 2. The molecule has 0 saturated carbocycles. The number of carboxylic acids is 1. The zero-order valence-electron chi connectivity index (χ0n) is 29.0. The average Bonchev–Trinajstić information content (AvgIpc) is 3.11. The second kappa shape index (κ2) is 22.3. The van der Waals surface area contributed by atoms with Crippen LogP contribution in [-0.2, 0) is 22.4 Å². The Labute approximate surface area is 287 Å². The molecule has 1 aliphatic rings. The molecule has 5 N–H and O–H groups in total. The number of carbonyl (C=O) groups is 1. The van der Waals surface area contributed by atoms with Crippen molar-refractivity contribution in [3.63, 3.8) is 0 Å². The number of aryl methyl sites for hydroxylation is 2. The topological polar surface area (TPSA) is 139 Å². The third-order valence-electron chi connectivity index (χ3n) is 9.29. The highest BCUT2D eigenvalue weighted by atomic mass is 16.5. The van der Waals surface area contributed by atoms with E-state index in [1.54, 1.807) is 0 Å². The lowest BCUT2D eigenvalue weighted by atomic mass is 10.1. The summed E-state index contributed by atoms with van der Waals surface area (Å²) < 4.78 is 6.05. The molecule has 1 aromatic carbocycles. The van der Waals surface area contributed by atoms with Gasteiger partial charge in [-0.15, -0.1) is 0 Å². The number of hydrogen-bond donors (Lipinski definition) is 4. The number of nitrogens with two attached hydrogens (primary N) is 1. The molecule has 10 nitrogen and oxygen atoms in total. The van der Waals surface area contributed by atoms with Crippen LogP contribution in [0.2, 0.25) is 0 Å². The van der Waals surface area contributed by atoms with Gasteiger partial charge in [-0.2, -0.15) is 0 Å². The number of unbranched alkanes of at least 4 members (excludes halogenated alkanes) is 10. The van der Waals surface area contributed by atoms with Gasteiger partial charge in [-0.25, -0.2) is 19.7 Å². The van der Waals surface area contributed by atoms with Gasteiger partial charge >= 0.3 is 5.97 Å². The summed E-state index contributed by atoms with van der Waals surface area (Å²) in [6.07, 6.45) is 19.7. The van der Waals surface area contributed by atoms with Crippen LogP contribution in [0, 0.1) is 0 Å². The second-order valence-corrected chi connectivity index (χ2v) is 13.1. The number of para-hydroxylation sites is 1. The number of pyridine rings is 1. The van der Waals surface area contributed by atoms with Crippen LogP contribution in [0.25, 0.3) is 10.9 Å². The second-order valence-electron chi connectivity index (χ2n) is 13.1. The van der Waals surface area contributed by atoms with Crippen molar-refractivity contribution in [3.05, 3.63) is 54.0 Å². The first-order valence-electron chi connectivity index (χ1n) is 18.6. The summed E-state index contributed by atoms with van der Waals surface area (Å²) in [5.41, 5.74) is 8.85.